The molecule has 1 amide bonds. The van der Waals surface area contributed by atoms with Gasteiger partial charge in [-0.3, -0.25) is 9.69 Å². The Bertz CT molecular complexity index is 383. The molecule has 0 spiro atoms. The molecule has 0 bridgehead atoms. The van der Waals surface area contributed by atoms with Crippen molar-refractivity contribution in [3.05, 3.63) is 0 Å². The lowest BCUT2D eigenvalue weighted by atomic mass is 9.86. The van der Waals surface area contributed by atoms with Crippen LogP contribution in [0.4, 0.5) is 0 Å². The number of halogens is 2. The minimum absolute atomic E-state index is 0. The fourth-order valence-electron chi connectivity index (χ4n) is 4.03. The van der Waals surface area contributed by atoms with E-state index < -0.39 is 0 Å². The van der Waals surface area contributed by atoms with Gasteiger partial charge in [-0.1, -0.05) is 6.42 Å². The molecule has 3 saturated heterocycles. The largest absolute Gasteiger partial charge is 0.381 e. The van der Waals surface area contributed by atoms with Gasteiger partial charge in [0.05, 0.1) is 13.2 Å². The molecule has 3 aliphatic heterocycles. The fraction of sp³-hybridized carbons (Fsp3) is 0.941. The summed E-state index contributed by atoms with van der Waals surface area (Å²) in [5.41, 5.74) is 0.102. The summed E-state index contributed by atoms with van der Waals surface area (Å²) >= 11 is 0. The molecule has 0 aromatic heterocycles. The van der Waals surface area contributed by atoms with E-state index >= 15 is 0 Å². The first-order valence-corrected chi connectivity index (χ1v) is 9.19. The lowest BCUT2D eigenvalue weighted by Gasteiger charge is -2.48. The molecule has 0 aromatic rings. The predicted octanol–water partition coefficient (Wildman–Crippen LogP) is 1.36. The number of morpholine rings is 1. The fourth-order valence-corrected chi connectivity index (χ4v) is 4.03. The van der Waals surface area contributed by atoms with Crippen LogP contribution in [0.2, 0.25) is 0 Å². The van der Waals surface area contributed by atoms with E-state index in [1.54, 1.807) is 0 Å². The first-order valence-electron chi connectivity index (χ1n) is 9.19. The topological polar surface area (TPSA) is 62.8 Å². The van der Waals surface area contributed by atoms with Crippen LogP contribution < -0.4 is 10.6 Å². The van der Waals surface area contributed by atoms with Crippen LogP contribution in [0, 0.1) is 0 Å². The number of rotatable bonds is 5. The number of amides is 1. The molecule has 1 unspecified atom stereocenters. The zero-order valence-electron chi connectivity index (χ0n) is 15.0. The van der Waals surface area contributed by atoms with Crippen LogP contribution in [-0.2, 0) is 14.3 Å². The van der Waals surface area contributed by atoms with Crippen molar-refractivity contribution in [1.82, 2.24) is 15.5 Å². The summed E-state index contributed by atoms with van der Waals surface area (Å²) in [5.74, 6) is 0.135. The summed E-state index contributed by atoms with van der Waals surface area (Å²) in [5, 5.41) is 6.55. The third-order valence-electron chi connectivity index (χ3n) is 5.50. The van der Waals surface area contributed by atoms with Crippen molar-refractivity contribution >= 4 is 30.7 Å². The Morgan fingerprint density at radius 3 is 2.44 bits per heavy atom. The van der Waals surface area contributed by atoms with Gasteiger partial charge < -0.3 is 20.1 Å². The van der Waals surface area contributed by atoms with Gasteiger partial charge in [0.2, 0.25) is 5.91 Å². The Hall–Kier alpha value is -0.110. The maximum Gasteiger partial charge on any atom is 0.221 e. The van der Waals surface area contributed by atoms with E-state index in [9.17, 15) is 4.79 Å². The normalized spacial score (nSPS) is 26.8. The standard InChI is InChI=1S/C17H31N3O3.2ClH/c21-16(12-15-13-23-11-6-18-15)19-14-17(4-9-22-10-5-17)20-7-2-1-3-8-20;;/h15,18H,1-14H2,(H,19,21);2*1H. The van der Waals surface area contributed by atoms with Crippen molar-refractivity contribution in [2.45, 2.75) is 50.1 Å². The van der Waals surface area contributed by atoms with E-state index in [1.807, 2.05) is 0 Å². The maximum absolute atomic E-state index is 12.3. The Kier molecular flexibility index (Phi) is 10.6. The maximum atomic E-state index is 12.3. The van der Waals surface area contributed by atoms with Crippen LogP contribution in [0.5, 0.6) is 0 Å². The van der Waals surface area contributed by atoms with Gasteiger partial charge in [-0.25, -0.2) is 0 Å². The molecule has 0 saturated carbocycles. The van der Waals surface area contributed by atoms with Crippen molar-refractivity contribution in [2.75, 3.05) is 52.6 Å². The molecular weight excluding hydrogens is 365 g/mol. The highest BCUT2D eigenvalue weighted by molar-refractivity contribution is 5.85. The summed E-state index contributed by atoms with van der Waals surface area (Å²) in [7, 11) is 0. The summed E-state index contributed by atoms with van der Waals surface area (Å²) in [6.45, 7) is 6.92. The predicted molar refractivity (Wildman–Crippen MR) is 103 cm³/mol. The summed E-state index contributed by atoms with van der Waals surface area (Å²) in [4.78, 5) is 14.9. The lowest BCUT2D eigenvalue weighted by molar-refractivity contribution is -0.123. The summed E-state index contributed by atoms with van der Waals surface area (Å²) < 4.78 is 11.0. The van der Waals surface area contributed by atoms with Crippen LogP contribution in [0.15, 0.2) is 0 Å². The van der Waals surface area contributed by atoms with Gasteiger partial charge in [0, 0.05) is 44.3 Å². The smallest absolute Gasteiger partial charge is 0.221 e. The van der Waals surface area contributed by atoms with Crippen molar-refractivity contribution in [3.63, 3.8) is 0 Å². The van der Waals surface area contributed by atoms with Gasteiger partial charge in [-0.05, 0) is 38.8 Å². The molecule has 0 radical (unpaired) electrons. The minimum atomic E-state index is 0. The van der Waals surface area contributed by atoms with Gasteiger partial charge in [-0.15, -0.1) is 24.8 Å². The third kappa shape index (κ3) is 6.52. The number of likely N-dealkylation sites (tertiary alicyclic amines) is 1. The summed E-state index contributed by atoms with van der Waals surface area (Å²) in [6, 6.07) is 0.157. The minimum Gasteiger partial charge on any atom is -0.381 e. The van der Waals surface area contributed by atoms with Gasteiger partial charge in [-0.2, -0.15) is 0 Å². The molecule has 25 heavy (non-hydrogen) atoms. The average molecular weight is 398 g/mol. The van der Waals surface area contributed by atoms with Gasteiger partial charge in [0.25, 0.3) is 0 Å². The van der Waals surface area contributed by atoms with E-state index in [-0.39, 0.29) is 42.3 Å². The molecule has 0 aliphatic carbocycles. The van der Waals surface area contributed by atoms with Crippen molar-refractivity contribution in [2.24, 2.45) is 0 Å². The molecule has 3 heterocycles. The second kappa shape index (κ2) is 11.6. The van der Waals surface area contributed by atoms with Crippen LogP contribution in [0.3, 0.4) is 0 Å². The highest BCUT2D eigenvalue weighted by atomic mass is 35.5. The molecule has 2 N–H and O–H groups in total. The Morgan fingerprint density at radius 2 is 1.80 bits per heavy atom. The number of nitrogens with one attached hydrogen (secondary N) is 2. The quantitative estimate of drug-likeness (QED) is 0.733. The van der Waals surface area contributed by atoms with Gasteiger partial charge in [0.15, 0.2) is 0 Å². The van der Waals surface area contributed by atoms with E-state index in [4.69, 9.17) is 9.47 Å². The van der Waals surface area contributed by atoms with Crippen molar-refractivity contribution in [1.29, 1.82) is 0 Å². The Morgan fingerprint density at radius 1 is 1.08 bits per heavy atom. The zero-order valence-corrected chi connectivity index (χ0v) is 16.6. The van der Waals surface area contributed by atoms with E-state index in [0.717, 1.165) is 58.8 Å². The second-order valence-electron chi connectivity index (χ2n) is 7.09. The highest BCUT2D eigenvalue weighted by Gasteiger charge is 2.39. The molecule has 1 atom stereocenters. The van der Waals surface area contributed by atoms with E-state index in [2.05, 4.69) is 15.5 Å². The molecule has 3 rings (SSSR count). The number of ether oxygens (including phenoxy) is 2. The third-order valence-corrected chi connectivity index (χ3v) is 5.50. The highest BCUT2D eigenvalue weighted by Crippen LogP contribution is 2.30. The van der Waals surface area contributed by atoms with Crippen molar-refractivity contribution < 1.29 is 14.3 Å². The molecule has 3 fully saturated rings. The number of hydrogen-bond donors (Lipinski definition) is 2. The Balaban J connectivity index is 0.00000156. The second-order valence-corrected chi connectivity index (χ2v) is 7.09. The number of carbonyl (C=O) groups excluding carboxylic acids is 1. The zero-order chi connectivity index (χ0) is 16.0. The van der Waals surface area contributed by atoms with E-state index in [0.29, 0.717) is 13.0 Å². The number of piperidine rings is 1. The average Bonchev–Trinajstić information content (AvgIpc) is 2.62. The molecule has 6 nitrogen and oxygen atoms in total. The molecule has 3 aliphatic rings. The van der Waals surface area contributed by atoms with Crippen LogP contribution in [-0.4, -0.2) is 75.0 Å². The SMILES string of the molecule is Cl.Cl.O=C(CC1COCCN1)NCC1(N2CCCCC2)CCOCC1. The van der Waals surface area contributed by atoms with Crippen LogP contribution in [0.25, 0.3) is 0 Å². The van der Waals surface area contributed by atoms with Crippen LogP contribution >= 0.6 is 24.8 Å². The van der Waals surface area contributed by atoms with Crippen molar-refractivity contribution in [3.8, 4) is 0 Å². The monoisotopic (exact) mass is 397 g/mol. The number of hydrogen-bond acceptors (Lipinski definition) is 5. The molecule has 8 heteroatoms. The van der Waals surface area contributed by atoms with Crippen LogP contribution in [0.1, 0.15) is 38.5 Å². The van der Waals surface area contributed by atoms with Gasteiger partial charge >= 0.3 is 0 Å². The van der Waals surface area contributed by atoms with Gasteiger partial charge in [0.1, 0.15) is 0 Å². The Labute approximate surface area is 163 Å². The molecule has 148 valence electrons. The summed E-state index contributed by atoms with van der Waals surface area (Å²) in [6.07, 6.45) is 6.45. The van der Waals surface area contributed by atoms with E-state index in [1.165, 1.54) is 19.3 Å². The number of nitrogens with zero attached hydrogens (tertiary/aromatic N) is 1. The first kappa shape index (κ1) is 22.9. The number of carbonyl (C=O) groups is 1. The molecule has 0 aromatic carbocycles. The molecular formula is C17H33Cl2N3O3. The lowest BCUT2D eigenvalue weighted by Crippen LogP contribution is -2.60. The first-order chi connectivity index (χ1) is 11.3.